The van der Waals surface area contributed by atoms with Crippen LogP contribution in [0.2, 0.25) is 0 Å². The molecule has 1 aromatic heterocycles. The van der Waals surface area contributed by atoms with Gasteiger partial charge in [-0.25, -0.2) is 0 Å². The summed E-state index contributed by atoms with van der Waals surface area (Å²) in [4.78, 5) is 31.5. The third-order valence-electron chi connectivity index (χ3n) is 3.01. The van der Waals surface area contributed by atoms with Gasteiger partial charge >= 0.3 is 0 Å². The largest absolute Gasteiger partial charge is 0.311 e. The summed E-state index contributed by atoms with van der Waals surface area (Å²) in [6.07, 6.45) is 1.50. The maximum atomic E-state index is 12.0. The number of aliphatic imine (C=N–C) groups is 2. The second-order valence-electron chi connectivity index (χ2n) is 4.75. The molecule has 0 saturated heterocycles. The minimum atomic E-state index is -0.542. The molecular weight excluding hydrogens is 274 g/mol. The SMILES string of the molecule is CC(=O)Nc1cc(C)nn1C1=NC(=O)C2C=NN(C)C2=N1. The van der Waals surface area contributed by atoms with Crippen molar-refractivity contribution in [2.75, 3.05) is 12.4 Å². The fraction of sp³-hybridized carbons (Fsp3) is 0.333. The van der Waals surface area contributed by atoms with Crippen LogP contribution in [0.3, 0.4) is 0 Å². The lowest BCUT2D eigenvalue weighted by Crippen LogP contribution is -2.35. The molecule has 0 spiro atoms. The van der Waals surface area contributed by atoms with Crippen LogP contribution in [0.1, 0.15) is 12.6 Å². The number of carbonyl (C=O) groups excluding carboxylic acids is 2. The maximum Gasteiger partial charge on any atom is 0.265 e. The van der Waals surface area contributed by atoms with Gasteiger partial charge in [-0.1, -0.05) is 0 Å². The van der Waals surface area contributed by atoms with Crippen molar-refractivity contribution in [3.8, 4) is 0 Å². The smallest absolute Gasteiger partial charge is 0.265 e. The number of fused-ring (bicyclic) bond motifs is 1. The van der Waals surface area contributed by atoms with Gasteiger partial charge in [0, 0.05) is 26.3 Å². The lowest BCUT2D eigenvalue weighted by atomic mass is 10.1. The minimum Gasteiger partial charge on any atom is -0.311 e. The van der Waals surface area contributed by atoms with Crippen molar-refractivity contribution in [1.29, 1.82) is 0 Å². The molecule has 0 bridgehead atoms. The standard InChI is InChI=1S/C12H13N7O2/c1-6-4-9(14-7(2)20)19(17-6)12-15-10-8(11(21)16-12)5-13-18(10)3/h4-5,8H,1-3H3,(H,14,20). The summed E-state index contributed by atoms with van der Waals surface area (Å²) in [5.41, 5.74) is 0.673. The number of anilines is 1. The molecule has 2 aliphatic rings. The molecule has 0 radical (unpaired) electrons. The predicted molar refractivity (Wildman–Crippen MR) is 76.3 cm³/mol. The third-order valence-corrected chi connectivity index (χ3v) is 3.01. The fourth-order valence-electron chi connectivity index (χ4n) is 2.12. The summed E-state index contributed by atoms with van der Waals surface area (Å²) in [7, 11) is 1.70. The van der Waals surface area contributed by atoms with Gasteiger partial charge in [-0.05, 0) is 6.92 Å². The van der Waals surface area contributed by atoms with Gasteiger partial charge in [0.15, 0.2) is 0 Å². The summed E-state index contributed by atoms with van der Waals surface area (Å²) in [6.45, 7) is 3.16. The summed E-state index contributed by atoms with van der Waals surface area (Å²) in [5, 5.41) is 12.4. The summed E-state index contributed by atoms with van der Waals surface area (Å²) in [5.74, 6) is -0.126. The van der Waals surface area contributed by atoms with Gasteiger partial charge in [0.2, 0.25) is 5.91 Å². The van der Waals surface area contributed by atoms with E-state index in [0.29, 0.717) is 17.3 Å². The molecule has 108 valence electrons. The van der Waals surface area contributed by atoms with Crippen molar-refractivity contribution in [1.82, 2.24) is 14.8 Å². The molecule has 1 atom stereocenters. The highest BCUT2D eigenvalue weighted by atomic mass is 16.2. The Morgan fingerprint density at radius 1 is 1.38 bits per heavy atom. The van der Waals surface area contributed by atoms with E-state index >= 15 is 0 Å². The number of nitrogens with one attached hydrogen (secondary N) is 1. The second kappa shape index (κ2) is 4.62. The van der Waals surface area contributed by atoms with Gasteiger partial charge in [0.05, 0.1) is 5.69 Å². The zero-order valence-electron chi connectivity index (χ0n) is 11.7. The number of hydrogen-bond donors (Lipinski definition) is 1. The van der Waals surface area contributed by atoms with Crippen LogP contribution in [0.5, 0.6) is 0 Å². The van der Waals surface area contributed by atoms with Crippen molar-refractivity contribution >= 4 is 35.6 Å². The van der Waals surface area contributed by atoms with Gasteiger partial charge in [-0.15, -0.1) is 0 Å². The third kappa shape index (κ3) is 2.22. The number of amides is 2. The molecule has 1 aromatic rings. The van der Waals surface area contributed by atoms with Crippen LogP contribution in [0.25, 0.3) is 0 Å². The summed E-state index contributed by atoms with van der Waals surface area (Å²) >= 11 is 0. The fourth-order valence-corrected chi connectivity index (χ4v) is 2.12. The normalized spacial score (nSPS) is 20.2. The first-order valence-electron chi connectivity index (χ1n) is 6.29. The van der Waals surface area contributed by atoms with Crippen molar-refractivity contribution < 1.29 is 9.59 Å². The van der Waals surface area contributed by atoms with Gasteiger partial charge in [0.1, 0.15) is 17.6 Å². The molecule has 21 heavy (non-hydrogen) atoms. The molecule has 0 saturated carbocycles. The Hall–Kier alpha value is -2.84. The van der Waals surface area contributed by atoms with Gasteiger partial charge in [-0.2, -0.15) is 24.9 Å². The number of aryl methyl sites for hydroxylation is 1. The maximum absolute atomic E-state index is 12.0. The number of aromatic nitrogens is 2. The van der Waals surface area contributed by atoms with Crippen LogP contribution in [0.15, 0.2) is 21.2 Å². The van der Waals surface area contributed by atoms with E-state index in [2.05, 4.69) is 25.5 Å². The molecule has 2 aliphatic heterocycles. The molecule has 1 unspecified atom stereocenters. The van der Waals surface area contributed by atoms with Crippen molar-refractivity contribution in [3.63, 3.8) is 0 Å². The van der Waals surface area contributed by atoms with Crippen LogP contribution >= 0.6 is 0 Å². The Labute approximate surface area is 120 Å². The number of rotatable bonds is 1. The second-order valence-corrected chi connectivity index (χ2v) is 4.75. The zero-order valence-corrected chi connectivity index (χ0v) is 11.7. The quantitative estimate of drug-likeness (QED) is 0.774. The molecule has 2 amide bonds. The van der Waals surface area contributed by atoms with Gasteiger partial charge in [0.25, 0.3) is 11.9 Å². The van der Waals surface area contributed by atoms with Crippen molar-refractivity contribution in [2.24, 2.45) is 21.0 Å². The van der Waals surface area contributed by atoms with Crippen molar-refractivity contribution in [2.45, 2.75) is 13.8 Å². The number of nitrogens with zero attached hydrogens (tertiary/aromatic N) is 6. The van der Waals surface area contributed by atoms with E-state index in [1.165, 1.54) is 22.8 Å². The van der Waals surface area contributed by atoms with E-state index < -0.39 is 5.92 Å². The van der Waals surface area contributed by atoms with E-state index in [9.17, 15) is 9.59 Å². The molecule has 1 N–H and O–H groups in total. The molecular formula is C12H13N7O2. The van der Waals surface area contributed by atoms with E-state index in [0.717, 1.165) is 0 Å². The molecule has 3 rings (SSSR count). The van der Waals surface area contributed by atoms with E-state index in [1.807, 2.05) is 0 Å². The topological polar surface area (TPSA) is 104 Å². The average Bonchev–Trinajstić information content (AvgIpc) is 2.93. The first-order valence-corrected chi connectivity index (χ1v) is 6.29. The highest BCUT2D eigenvalue weighted by Gasteiger charge is 2.35. The highest BCUT2D eigenvalue weighted by Crippen LogP contribution is 2.19. The van der Waals surface area contributed by atoms with Crippen LogP contribution in [0, 0.1) is 12.8 Å². The van der Waals surface area contributed by atoms with Crippen LogP contribution in [-0.4, -0.2) is 51.7 Å². The average molecular weight is 287 g/mol. The summed E-state index contributed by atoms with van der Waals surface area (Å²) < 4.78 is 1.34. The van der Waals surface area contributed by atoms with Gasteiger partial charge < -0.3 is 5.32 Å². The lowest BCUT2D eigenvalue weighted by Gasteiger charge is -2.17. The van der Waals surface area contributed by atoms with Crippen molar-refractivity contribution in [3.05, 3.63) is 11.8 Å². The minimum absolute atomic E-state index is 0.112. The Bertz CT molecular complexity index is 728. The Balaban J connectivity index is 2.03. The number of hydrazone groups is 1. The van der Waals surface area contributed by atoms with Crippen LogP contribution in [-0.2, 0) is 9.59 Å². The van der Waals surface area contributed by atoms with E-state index in [4.69, 9.17) is 0 Å². The van der Waals surface area contributed by atoms with E-state index in [1.54, 1.807) is 20.0 Å². The highest BCUT2D eigenvalue weighted by molar-refractivity contribution is 6.24. The Morgan fingerprint density at radius 3 is 2.86 bits per heavy atom. The number of carbonyl (C=O) groups is 2. The van der Waals surface area contributed by atoms with Crippen LogP contribution in [0.4, 0.5) is 5.82 Å². The Kier molecular flexibility index (Phi) is 2.89. The molecule has 9 nitrogen and oxygen atoms in total. The molecule has 9 heteroatoms. The predicted octanol–water partition coefficient (Wildman–Crippen LogP) is -0.160. The molecule has 0 aromatic carbocycles. The van der Waals surface area contributed by atoms with Gasteiger partial charge in [-0.3, -0.25) is 14.6 Å². The lowest BCUT2D eigenvalue weighted by molar-refractivity contribution is -0.118. The first kappa shape index (κ1) is 13.2. The monoisotopic (exact) mass is 287 g/mol. The summed E-state index contributed by atoms with van der Waals surface area (Å²) in [6, 6.07) is 1.68. The number of amidine groups is 1. The first-order chi connectivity index (χ1) is 9.95. The molecule has 0 aliphatic carbocycles. The Morgan fingerprint density at radius 2 is 2.14 bits per heavy atom. The number of hydrogen-bond acceptors (Lipinski definition) is 6. The molecule has 3 heterocycles. The van der Waals surface area contributed by atoms with Crippen LogP contribution < -0.4 is 5.32 Å². The molecule has 0 fully saturated rings. The van der Waals surface area contributed by atoms with E-state index in [-0.39, 0.29) is 17.8 Å². The zero-order chi connectivity index (χ0) is 15.1.